The van der Waals surface area contributed by atoms with E-state index in [2.05, 4.69) is 5.32 Å². The summed E-state index contributed by atoms with van der Waals surface area (Å²) in [6.45, 7) is 1.90. The van der Waals surface area contributed by atoms with Crippen LogP contribution >= 0.6 is 0 Å². The molecule has 226 valence electrons. The monoisotopic (exact) mass is 595 g/mol. The number of nitrogens with one attached hydrogen (secondary N) is 1. The molecule has 0 aliphatic carbocycles. The van der Waals surface area contributed by atoms with Gasteiger partial charge in [-0.15, -0.1) is 0 Å². The van der Waals surface area contributed by atoms with Gasteiger partial charge in [-0.3, -0.25) is 9.36 Å². The molecule has 0 aliphatic rings. The average Bonchev–Trinajstić information content (AvgIpc) is 3.04. The van der Waals surface area contributed by atoms with Crippen molar-refractivity contribution in [2.75, 3.05) is 39.1 Å². The van der Waals surface area contributed by atoms with Gasteiger partial charge in [0.1, 0.15) is 36.3 Å². The summed E-state index contributed by atoms with van der Waals surface area (Å²) in [6.07, 6.45) is 0. The van der Waals surface area contributed by atoms with E-state index in [1.165, 1.54) is 11.7 Å². The number of anilines is 2. The lowest BCUT2D eigenvalue weighted by molar-refractivity contribution is 0.0591. The first-order valence-corrected chi connectivity index (χ1v) is 13.8. The van der Waals surface area contributed by atoms with Crippen LogP contribution in [0.5, 0.6) is 17.2 Å². The molecule has 0 radical (unpaired) electrons. The number of ether oxygens (including phenoxy) is 4. The number of aliphatic hydroxyl groups excluding tert-OH is 1. The van der Waals surface area contributed by atoms with E-state index in [0.717, 1.165) is 16.8 Å². The first-order valence-electron chi connectivity index (χ1n) is 13.8. The molecule has 0 fully saturated rings. The van der Waals surface area contributed by atoms with Crippen molar-refractivity contribution in [3.8, 4) is 34.1 Å². The molecule has 0 saturated heterocycles. The topological polar surface area (TPSA) is 134 Å². The minimum absolute atomic E-state index is 0.0320. The van der Waals surface area contributed by atoms with Crippen LogP contribution in [0.3, 0.4) is 0 Å². The molecule has 0 amide bonds. The molecule has 0 atom stereocenters. The number of pyridine rings is 1. The van der Waals surface area contributed by atoms with Crippen molar-refractivity contribution in [2.24, 2.45) is 0 Å². The summed E-state index contributed by atoms with van der Waals surface area (Å²) < 4.78 is 23.9. The Labute approximate surface area is 254 Å². The second-order valence-electron chi connectivity index (χ2n) is 9.98. The Morgan fingerprint density at radius 3 is 2.25 bits per heavy atom. The number of hydrogen-bond donors (Lipinski definition) is 3. The third-order valence-corrected chi connectivity index (χ3v) is 7.34. The molecule has 4 N–H and O–H groups in total. The number of carbonyl (C=O) groups excluding carboxylic acids is 1. The highest BCUT2D eigenvalue weighted by Gasteiger charge is 2.26. The third-order valence-electron chi connectivity index (χ3n) is 7.34. The molecule has 5 aromatic rings. The van der Waals surface area contributed by atoms with Gasteiger partial charge in [-0.05, 0) is 90.2 Å². The van der Waals surface area contributed by atoms with Gasteiger partial charge in [-0.2, -0.15) is 0 Å². The lowest BCUT2D eigenvalue weighted by Gasteiger charge is -2.21. The molecular formula is C34H33N3O7. The average molecular weight is 596 g/mol. The smallest absolute Gasteiger partial charge is 0.355 e. The number of benzene rings is 4. The molecular weight excluding hydrogens is 562 g/mol. The van der Waals surface area contributed by atoms with E-state index >= 15 is 0 Å². The molecule has 44 heavy (non-hydrogen) atoms. The predicted molar refractivity (Wildman–Crippen MR) is 170 cm³/mol. The first kappa shape index (κ1) is 30.0. The van der Waals surface area contributed by atoms with Crippen molar-refractivity contribution < 1.29 is 28.8 Å². The quantitative estimate of drug-likeness (QED) is 0.112. The molecule has 0 spiro atoms. The van der Waals surface area contributed by atoms with Crippen LogP contribution in [-0.4, -0.2) is 43.7 Å². The number of aliphatic hydroxyl groups is 1. The summed E-state index contributed by atoms with van der Waals surface area (Å²) in [5.41, 5.74) is 9.90. The van der Waals surface area contributed by atoms with E-state index in [0.29, 0.717) is 50.5 Å². The van der Waals surface area contributed by atoms with E-state index in [4.69, 9.17) is 24.7 Å². The zero-order valence-electron chi connectivity index (χ0n) is 24.8. The molecule has 5 rings (SSSR count). The largest absolute Gasteiger partial charge is 0.496 e. The van der Waals surface area contributed by atoms with Crippen molar-refractivity contribution in [3.05, 3.63) is 106 Å². The third kappa shape index (κ3) is 5.75. The van der Waals surface area contributed by atoms with Crippen LogP contribution in [0.4, 0.5) is 11.4 Å². The Bertz CT molecular complexity index is 1870. The molecule has 1 heterocycles. The summed E-state index contributed by atoms with van der Waals surface area (Å²) in [4.78, 5) is 27.8. The number of hydrogen-bond acceptors (Lipinski definition) is 9. The summed E-state index contributed by atoms with van der Waals surface area (Å²) in [7, 11) is 4.38. The number of methoxy groups -OCH3 is 3. The highest BCUT2D eigenvalue weighted by molar-refractivity contribution is 6.07. The Balaban J connectivity index is 1.77. The lowest BCUT2D eigenvalue weighted by atomic mass is 9.94. The van der Waals surface area contributed by atoms with Crippen LogP contribution < -0.4 is 30.8 Å². The Hall–Kier alpha value is -5.48. The van der Waals surface area contributed by atoms with E-state index in [1.807, 2.05) is 31.2 Å². The van der Waals surface area contributed by atoms with Crippen LogP contribution in [0.1, 0.15) is 21.6 Å². The predicted octanol–water partition coefficient (Wildman–Crippen LogP) is 5.29. The van der Waals surface area contributed by atoms with Gasteiger partial charge in [0.05, 0.1) is 26.7 Å². The molecule has 4 aromatic carbocycles. The van der Waals surface area contributed by atoms with Crippen molar-refractivity contribution in [2.45, 2.75) is 13.5 Å². The van der Waals surface area contributed by atoms with E-state index in [1.54, 1.807) is 68.8 Å². The maximum absolute atomic E-state index is 14.3. The summed E-state index contributed by atoms with van der Waals surface area (Å²) in [5.74, 6) is 0.846. The molecule has 0 aliphatic heterocycles. The van der Waals surface area contributed by atoms with E-state index in [-0.39, 0.29) is 19.0 Å². The second kappa shape index (κ2) is 12.8. The van der Waals surface area contributed by atoms with E-state index < -0.39 is 11.5 Å². The minimum Gasteiger partial charge on any atom is -0.496 e. The van der Waals surface area contributed by atoms with Gasteiger partial charge >= 0.3 is 5.97 Å². The summed E-state index contributed by atoms with van der Waals surface area (Å²) >= 11 is 0. The Morgan fingerprint density at radius 2 is 1.61 bits per heavy atom. The molecule has 0 bridgehead atoms. The minimum atomic E-state index is -0.703. The van der Waals surface area contributed by atoms with Gasteiger partial charge in [0, 0.05) is 28.2 Å². The molecule has 1 aromatic heterocycles. The Kier molecular flexibility index (Phi) is 8.73. The van der Waals surface area contributed by atoms with Crippen molar-refractivity contribution in [3.63, 3.8) is 0 Å². The van der Waals surface area contributed by atoms with Gasteiger partial charge < -0.3 is 35.1 Å². The summed E-state index contributed by atoms with van der Waals surface area (Å²) in [6, 6.07) is 22.9. The van der Waals surface area contributed by atoms with Crippen molar-refractivity contribution >= 4 is 28.1 Å². The SMILES string of the molecule is COC(=O)c1c(-c2cc(OC)c(C)c(OC)c2)c2ccc(OCc3cccc(NCO)c3)cc2c(=O)n1-c1ccc(N)cc1. The number of aromatic nitrogens is 1. The zero-order valence-corrected chi connectivity index (χ0v) is 24.8. The van der Waals surface area contributed by atoms with Gasteiger partial charge in [0.2, 0.25) is 0 Å². The number of fused-ring (bicyclic) bond motifs is 1. The highest BCUT2D eigenvalue weighted by Crippen LogP contribution is 2.40. The number of nitrogens with two attached hydrogens (primary N) is 1. The van der Waals surface area contributed by atoms with Crippen LogP contribution in [0, 0.1) is 6.92 Å². The van der Waals surface area contributed by atoms with Crippen LogP contribution in [0.15, 0.2) is 83.7 Å². The van der Waals surface area contributed by atoms with Crippen LogP contribution in [0.25, 0.3) is 27.6 Å². The number of nitrogens with zero attached hydrogens (tertiary/aromatic N) is 1. The Morgan fingerprint density at radius 1 is 0.909 bits per heavy atom. The fraction of sp³-hybridized carbons (Fsp3) is 0.176. The molecule has 0 unspecified atom stereocenters. The van der Waals surface area contributed by atoms with Gasteiger partial charge in [0.25, 0.3) is 5.56 Å². The number of carbonyl (C=O) groups is 1. The van der Waals surface area contributed by atoms with Gasteiger partial charge in [0.15, 0.2) is 0 Å². The fourth-order valence-electron chi connectivity index (χ4n) is 5.18. The zero-order chi connectivity index (χ0) is 31.4. The van der Waals surface area contributed by atoms with Gasteiger partial charge in [-0.25, -0.2) is 4.79 Å². The maximum Gasteiger partial charge on any atom is 0.355 e. The fourth-order valence-corrected chi connectivity index (χ4v) is 5.18. The number of esters is 1. The van der Waals surface area contributed by atoms with Crippen LogP contribution in [-0.2, 0) is 11.3 Å². The lowest BCUT2D eigenvalue weighted by Crippen LogP contribution is -2.27. The normalized spacial score (nSPS) is 10.8. The first-order chi connectivity index (χ1) is 21.3. The van der Waals surface area contributed by atoms with Crippen molar-refractivity contribution in [1.29, 1.82) is 0 Å². The second-order valence-corrected chi connectivity index (χ2v) is 9.98. The van der Waals surface area contributed by atoms with Crippen molar-refractivity contribution in [1.82, 2.24) is 4.57 Å². The van der Waals surface area contributed by atoms with E-state index in [9.17, 15) is 14.7 Å². The highest BCUT2D eigenvalue weighted by atomic mass is 16.5. The maximum atomic E-state index is 14.3. The molecule has 10 heteroatoms. The molecule has 10 nitrogen and oxygen atoms in total. The molecule has 0 saturated carbocycles. The van der Waals surface area contributed by atoms with Gasteiger partial charge in [-0.1, -0.05) is 12.1 Å². The van der Waals surface area contributed by atoms with Crippen LogP contribution in [0.2, 0.25) is 0 Å². The number of rotatable bonds is 10. The standard InChI is InChI=1S/C34H33N3O7/c1-20-29(41-2)15-22(16-30(20)42-3)31-27-13-12-26(44-18-21-6-5-7-24(14-21)36-19-38)17-28(27)33(39)37(32(31)34(40)43-4)25-10-8-23(35)9-11-25/h5-17,36,38H,18-19,35H2,1-4H3. The summed E-state index contributed by atoms with van der Waals surface area (Å²) in [5, 5.41) is 12.9. The number of nitrogen functional groups attached to an aromatic ring is 1.